The highest BCUT2D eigenvalue weighted by Gasteiger charge is 2.22. The van der Waals surface area contributed by atoms with Crippen LogP contribution in [-0.2, 0) is 0 Å². The molecule has 0 heterocycles. The molecule has 0 spiro atoms. The van der Waals surface area contributed by atoms with E-state index in [1.807, 2.05) is 6.92 Å². The van der Waals surface area contributed by atoms with Gasteiger partial charge in [-0.05, 0) is 30.2 Å². The molecule has 0 bridgehead atoms. The van der Waals surface area contributed by atoms with Crippen molar-refractivity contribution in [2.45, 2.75) is 14.4 Å². The van der Waals surface area contributed by atoms with Crippen molar-refractivity contribution in [3.05, 3.63) is 88.7 Å². The van der Waals surface area contributed by atoms with Crippen LogP contribution in [0.3, 0.4) is 0 Å². The Kier molecular flexibility index (Phi) is 6.18. The Balaban J connectivity index is 0.00000280. The lowest BCUT2D eigenvalue weighted by atomic mass is 10.0. The maximum atomic E-state index is 14.3. The van der Waals surface area contributed by atoms with Crippen LogP contribution in [0.1, 0.15) is 23.3 Å². The number of benzene rings is 3. The molecule has 0 aliphatic rings. The Hall–Kier alpha value is -3.22. The quantitative estimate of drug-likeness (QED) is 0.228. The number of esters is 1. The van der Waals surface area contributed by atoms with E-state index in [4.69, 9.17) is 0 Å². The molecular weight excluding hydrogens is 379 g/mol. The zero-order valence-electron chi connectivity index (χ0n) is 13.8. The van der Waals surface area contributed by atoms with Crippen LogP contribution in [0.5, 0.6) is 5.75 Å². The first kappa shape index (κ1) is 21.1. The number of halogens is 5. The van der Waals surface area contributed by atoms with E-state index in [-0.39, 0.29) is 13.0 Å². The summed E-state index contributed by atoms with van der Waals surface area (Å²) in [4.78, 5) is 12.0. The van der Waals surface area contributed by atoms with Gasteiger partial charge in [-0.25, -0.2) is 26.7 Å². The van der Waals surface area contributed by atoms with Crippen molar-refractivity contribution < 1.29 is 31.5 Å². The lowest BCUT2D eigenvalue weighted by Gasteiger charge is -2.09. The van der Waals surface area contributed by atoms with Crippen LogP contribution in [-0.4, -0.2) is 5.97 Å². The van der Waals surface area contributed by atoms with Gasteiger partial charge < -0.3 is 4.74 Å². The van der Waals surface area contributed by atoms with Gasteiger partial charge in [0.2, 0.25) is 0 Å². The smallest absolute Gasteiger partial charge is 0.349 e. The monoisotopic (exact) mass is 394 g/mol. The Bertz CT molecular complexity index is 983. The molecule has 0 aliphatic carbocycles. The molecule has 7 heteroatoms. The average molecular weight is 394 g/mol. The molecule has 3 rings (SSSR count). The van der Waals surface area contributed by atoms with Crippen molar-refractivity contribution in [1.29, 1.82) is 0 Å². The Morgan fingerprint density at radius 3 is 1.75 bits per heavy atom. The third kappa shape index (κ3) is 4.19. The second kappa shape index (κ2) is 8.21. The first-order chi connectivity index (χ1) is 12.8. The normalized spacial score (nSPS) is 10.4. The van der Waals surface area contributed by atoms with Crippen molar-refractivity contribution in [2.24, 2.45) is 0 Å². The van der Waals surface area contributed by atoms with Gasteiger partial charge in [0.25, 0.3) is 0 Å². The summed E-state index contributed by atoms with van der Waals surface area (Å²) in [6.45, 7) is 1.85. The largest absolute Gasteiger partial charge is 0.423 e. The Morgan fingerprint density at radius 2 is 1.25 bits per heavy atom. The number of rotatable bonds is 3. The third-order valence-corrected chi connectivity index (χ3v) is 3.80. The molecule has 3 aromatic rings. The van der Waals surface area contributed by atoms with Gasteiger partial charge in [-0.3, -0.25) is 0 Å². The van der Waals surface area contributed by atoms with Gasteiger partial charge in [0, 0.05) is 12.1 Å². The summed E-state index contributed by atoms with van der Waals surface area (Å²) in [5.74, 6) is -9.61. The van der Waals surface area contributed by atoms with E-state index in [2.05, 4.69) is 4.74 Å². The predicted octanol–water partition coefficient (Wildman–Crippen LogP) is 6.21. The van der Waals surface area contributed by atoms with E-state index in [0.29, 0.717) is 17.7 Å². The number of hydrogen-bond acceptors (Lipinski definition) is 2. The third-order valence-electron chi connectivity index (χ3n) is 3.80. The fraction of sp³-hybridized carbons (Fsp3) is 0.0952. The molecule has 28 heavy (non-hydrogen) atoms. The molecular formula is C21H15F5O2. The standard InChI is InChI=1S/C20H11F5O2.CH4/c1-10-2-4-11(5-3-10)12-6-14(21)18(15(22)7-12)20(26)27-13-8-16(23)19(25)17(24)9-13;/h2-9H,1H3;1H4. The molecule has 0 radical (unpaired) electrons. The van der Waals surface area contributed by atoms with Crippen LogP contribution < -0.4 is 4.74 Å². The van der Waals surface area contributed by atoms with Crippen LogP contribution in [0.25, 0.3) is 11.1 Å². The number of hydrogen-bond donors (Lipinski definition) is 0. The summed E-state index contributed by atoms with van der Waals surface area (Å²) < 4.78 is 72.4. The molecule has 0 aromatic heterocycles. The average Bonchev–Trinajstić information content (AvgIpc) is 2.59. The van der Waals surface area contributed by atoms with Gasteiger partial charge in [0.1, 0.15) is 22.9 Å². The Labute approximate surface area is 158 Å². The van der Waals surface area contributed by atoms with E-state index in [1.54, 1.807) is 24.3 Å². The molecule has 3 aromatic carbocycles. The van der Waals surface area contributed by atoms with Crippen LogP contribution in [0.2, 0.25) is 0 Å². The Morgan fingerprint density at radius 1 is 0.750 bits per heavy atom. The molecule has 0 amide bonds. The highest BCUT2D eigenvalue weighted by Crippen LogP contribution is 2.26. The van der Waals surface area contributed by atoms with Crippen molar-refractivity contribution in [3.63, 3.8) is 0 Å². The van der Waals surface area contributed by atoms with Gasteiger partial charge in [-0.15, -0.1) is 0 Å². The van der Waals surface area contributed by atoms with E-state index >= 15 is 0 Å². The van der Waals surface area contributed by atoms with Crippen LogP contribution in [0.4, 0.5) is 22.0 Å². The lowest BCUT2D eigenvalue weighted by Crippen LogP contribution is -2.14. The molecule has 0 N–H and O–H groups in total. The van der Waals surface area contributed by atoms with Crippen LogP contribution >= 0.6 is 0 Å². The molecule has 0 saturated carbocycles. The molecule has 0 fully saturated rings. The summed E-state index contributed by atoms with van der Waals surface area (Å²) >= 11 is 0. The van der Waals surface area contributed by atoms with Crippen LogP contribution in [0.15, 0.2) is 48.5 Å². The lowest BCUT2D eigenvalue weighted by molar-refractivity contribution is 0.0723. The number of aryl methyl sites for hydroxylation is 1. The number of ether oxygens (including phenoxy) is 1. The molecule has 2 nitrogen and oxygen atoms in total. The molecule has 0 atom stereocenters. The minimum atomic E-state index is -1.75. The maximum Gasteiger partial charge on any atom is 0.349 e. The topological polar surface area (TPSA) is 26.3 Å². The van der Waals surface area contributed by atoms with E-state index in [0.717, 1.165) is 17.7 Å². The first-order valence-electron chi connectivity index (χ1n) is 7.69. The highest BCUT2D eigenvalue weighted by atomic mass is 19.2. The van der Waals surface area contributed by atoms with Crippen molar-refractivity contribution >= 4 is 5.97 Å². The zero-order chi connectivity index (χ0) is 19.7. The van der Waals surface area contributed by atoms with Gasteiger partial charge >= 0.3 is 5.97 Å². The van der Waals surface area contributed by atoms with Gasteiger partial charge in [-0.1, -0.05) is 37.3 Å². The summed E-state index contributed by atoms with van der Waals surface area (Å²) in [6, 6.07) is 9.50. The summed E-state index contributed by atoms with van der Waals surface area (Å²) in [6.07, 6.45) is 0. The summed E-state index contributed by atoms with van der Waals surface area (Å²) in [7, 11) is 0. The fourth-order valence-electron chi connectivity index (χ4n) is 2.43. The minimum absolute atomic E-state index is 0. The van der Waals surface area contributed by atoms with Crippen molar-refractivity contribution in [3.8, 4) is 16.9 Å². The zero-order valence-corrected chi connectivity index (χ0v) is 13.8. The first-order valence-corrected chi connectivity index (χ1v) is 7.69. The molecule has 0 aliphatic heterocycles. The molecule has 146 valence electrons. The summed E-state index contributed by atoms with van der Waals surface area (Å²) in [5, 5.41) is 0. The summed E-state index contributed by atoms with van der Waals surface area (Å²) in [5.41, 5.74) is 0.649. The second-order valence-corrected chi connectivity index (χ2v) is 5.77. The van der Waals surface area contributed by atoms with Crippen molar-refractivity contribution in [1.82, 2.24) is 0 Å². The van der Waals surface area contributed by atoms with E-state index < -0.39 is 46.4 Å². The number of carbonyl (C=O) groups excluding carboxylic acids is 1. The van der Waals surface area contributed by atoms with E-state index in [1.165, 1.54) is 0 Å². The molecule has 0 unspecified atom stereocenters. The van der Waals surface area contributed by atoms with Gasteiger partial charge in [0.15, 0.2) is 17.5 Å². The second-order valence-electron chi connectivity index (χ2n) is 5.77. The SMILES string of the molecule is C.Cc1ccc(-c2cc(F)c(C(=O)Oc3cc(F)c(F)c(F)c3)c(F)c2)cc1. The van der Waals surface area contributed by atoms with Crippen molar-refractivity contribution in [2.75, 3.05) is 0 Å². The van der Waals surface area contributed by atoms with Crippen LogP contribution in [0, 0.1) is 36.0 Å². The van der Waals surface area contributed by atoms with E-state index in [9.17, 15) is 26.7 Å². The van der Waals surface area contributed by atoms with Gasteiger partial charge in [0.05, 0.1) is 0 Å². The molecule has 0 saturated heterocycles. The maximum absolute atomic E-state index is 14.3. The van der Waals surface area contributed by atoms with Gasteiger partial charge in [-0.2, -0.15) is 0 Å². The predicted molar refractivity (Wildman–Crippen MR) is 94.5 cm³/mol. The minimum Gasteiger partial charge on any atom is -0.423 e. The number of carbonyl (C=O) groups is 1. The highest BCUT2D eigenvalue weighted by molar-refractivity contribution is 5.92. The fourth-order valence-corrected chi connectivity index (χ4v) is 2.43.